The minimum Gasteiger partial charge on any atom is -0.480 e. The predicted octanol–water partition coefficient (Wildman–Crippen LogP) is 1.46. The highest BCUT2D eigenvalue weighted by Crippen LogP contribution is 2.12. The number of rotatable bonds is 9. The van der Waals surface area contributed by atoms with E-state index in [4.69, 9.17) is 5.11 Å². The molecule has 140 valence electrons. The van der Waals surface area contributed by atoms with Gasteiger partial charge < -0.3 is 10.4 Å². The molecule has 7 nitrogen and oxygen atoms in total. The molecule has 0 aliphatic heterocycles. The third kappa shape index (κ3) is 6.75. The Hall–Kier alpha value is -2.07. The van der Waals surface area contributed by atoms with Gasteiger partial charge in [0.25, 0.3) is 5.91 Å². The maximum atomic E-state index is 12.3. The first-order chi connectivity index (χ1) is 11.5. The Labute approximate surface area is 144 Å². The molecule has 1 unspecified atom stereocenters. The van der Waals surface area contributed by atoms with E-state index in [1.165, 1.54) is 24.3 Å². The van der Waals surface area contributed by atoms with Crippen molar-refractivity contribution in [2.75, 3.05) is 6.54 Å². The van der Waals surface area contributed by atoms with E-state index < -0.39 is 40.8 Å². The van der Waals surface area contributed by atoms with Crippen LogP contribution in [0.3, 0.4) is 0 Å². The molecule has 0 aromatic heterocycles. The van der Waals surface area contributed by atoms with E-state index in [0.29, 0.717) is 0 Å². The molecular formula is C15H20F2N2O5S. The van der Waals surface area contributed by atoms with Gasteiger partial charge >= 0.3 is 5.97 Å². The predicted molar refractivity (Wildman–Crippen MR) is 86.0 cm³/mol. The van der Waals surface area contributed by atoms with Gasteiger partial charge in [0.05, 0.1) is 4.90 Å². The van der Waals surface area contributed by atoms with E-state index in [-0.39, 0.29) is 22.9 Å². The number of hydrogen-bond donors (Lipinski definition) is 3. The summed E-state index contributed by atoms with van der Waals surface area (Å²) in [5.41, 5.74) is -0.0386. The Morgan fingerprint density at radius 3 is 2.16 bits per heavy atom. The van der Waals surface area contributed by atoms with Gasteiger partial charge in [0.1, 0.15) is 6.04 Å². The molecule has 1 rings (SSSR count). The Kier molecular flexibility index (Phi) is 7.43. The number of hydrogen-bond acceptors (Lipinski definition) is 4. The molecule has 0 aliphatic carbocycles. The summed E-state index contributed by atoms with van der Waals surface area (Å²) in [5, 5.41) is 10.8. The summed E-state index contributed by atoms with van der Waals surface area (Å²) in [7, 11) is -3.73. The number of alkyl halides is 2. The molecular weight excluding hydrogens is 358 g/mol. The fourth-order valence-electron chi connectivity index (χ4n) is 1.79. The summed E-state index contributed by atoms with van der Waals surface area (Å²) in [6, 6.07) is 2.99. The molecule has 0 radical (unpaired) electrons. The first-order valence-electron chi connectivity index (χ1n) is 7.44. The molecule has 1 aromatic rings. The monoisotopic (exact) mass is 378 g/mol. The molecule has 0 bridgehead atoms. The number of aliphatic carboxylic acids is 1. The minimum atomic E-state index is -3.73. The zero-order chi connectivity index (χ0) is 19.2. The summed E-state index contributed by atoms with van der Waals surface area (Å²) in [6.45, 7) is 3.93. The van der Waals surface area contributed by atoms with Crippen molar-refractivity contribution in [3.05, 3.63) is 29.8 Å². The van der Waals surface area contributed by atoms with E-state index in [0.717, 1.165) is 0 Å². The lowest BCUT2D eigenvalue weighted by atomic mass is 10.1. The van der Waals surface area contributed by atoms with Crippen molar-refractivity contribution < 1.29 is 31.9 Å². The van der Waals surface area contributed by atoms with E-state index in [2.05, 4.69) is 4.72 Å². The van der Waals surface area contributed by atoms with Gasteiger partial charge in [0.2, 0.25) is 16.4 Å². The van der Waals surface area contributed by atoms with Crippen LogP contribution < -0.4 is 10.0 Å². The van der Waals surface area contributed by atoms with E-state index in [9.17, 15) is 26.8 Å². The summed E-state index contributed by atoms with van der Waals surface area (Å²) >= 11 is 0. The van der Waals surface area contributed by atoms with Crippen molar-refractivity contribution in [2.45, 2.75) is 37.6 Å². The average Bonchev–Trinajstić information content (AvgIpc) is 2.52. The largest absolute Gasteiger partial charge is 0.480 e. The van der Waals surface area contributed by atoms with Crippen LogP contribution in [0.15, 0.2) is 29.2 Å². The molecule has 10 heteroatoms. The van der Waals surface area contributed by atoms with Crippen LogP contribution in [0, 0.1) is 5.92 Å². The maximum absolute atomic E-state index is 12.3. The quantitative estimate of drug-likeness (QED) is 0.602. The van der Waals surface area contributed by atoms with Crippen LogP contribution in [0.5, 0.6) is 0 Å². The molecule has 0 aliphatic rings. The van der Waals surface area contributed by atoms with Gasteiger partial charge in [-0.1, -0.05) is 13.8 Å². The summed E-state index contributed by atoms with van der Waals surface area (Å²) in [6.07, 6.45) is -3.91. The van der Waals surface area contributed by atoms with Crippen LogP contribution in [0.1, 0.15) is 30.6 Å². The molecule has 0 heterocycles. The second kappa shape index (κ2) is 8.86. The molecule has 0 saturated heterocycles. The highest BCUT2D eigenvalue weighted by atomic mass is 32.2. The molecule has 1 amide bonds. The van der Waals surface area contributed by atoms with Crippen LogP contribution in [0.4, 0.5) is 8.78 Å². The van der Waals surface area contributed by atoms with Gasteiger partial charge in [-0.15, -0.1) is 0 Å². The van der Waals surface area contributed by atoms with Crippen molar-refractivity contribution >= 4 is 21.9 Å². The average molecular weight is 378 g/mol. The normalized spacial score (nSPS) is 13.0. The number of nitrogens with one attached hydrogen (secondary N) is 2. The zero-order valence-corrected chi connectivity index (χ0v) is 14.5. The highest BCUT2D eigenvalue weighted by Gasteiger charge is 2.25. The minimum absolute atomic E-state index is 0.0386. The SMILES string of the molecule is CC(C)CNS(=O)(=O)c1ccc(C(=O)NC(CC(F)F)C(=O)O)cc1. The summed E-state index contributed by atoms with van der Waals surface area (Å²) < 4.78 is 51.1. The van der Waals surface area contributed by atoms with E-state index >= 15 is 0 Å². The summed E-state index contributed by atoms with van der Waals surface area (Å²) in [4.78, 5) is 22.7. The topological polar surface area (TPSA) is 113 Å². The molecule has 0 saturated carbocycles. The summed E-state index contributed by atoms with van der Waals surface area (Å²) in [5.74, 6) is -2.35. The molecule has 1 aromatic carbocycles. The number of carbonyl (C=O) groups excluding carboxylic acids is 1. The van der Waals surface area contributed by atoms with E-state index in [1.807, 2.05) is 19.2 Å². The van der Waals surface area contributed by atoms with Crippen LogP contribution in [0.25, 0.3) is 0 Å². The standard InChI is InChI=1S/C15H20F2N2O5S/c1-9(2)8-18-25(23,24)11-5-3-10(4-6-11)14(20)19-12(15(21)22)7-13(16)17/h3-6,9,12-13,18H,7-8H2,1-2H3,(H,19,20)(H,21,22). The first-order valence-corrected chi connectivity index (χ1v) is 8.92. The molecule has 0 fully saturated rings. The van der Waals surface area contributed by atoms with Crippen molar-refractivity contribution in [2.24, 2.45) is 5.92 Å². The number of amides is 1. The number of halogens is 2. The Balaban J connectivity index is 2.84. The Bertz CT molecular complexity index is 705. The van der Waals surface area contributed by atoms with Gasteiger partial charge in [0.15, 0.2) is 0 Å². The molecule has 25 heavy (non-hydrogen) atoms. The fourth-order valence-corrected chi connectivity index (χ4v) is 3.00. The maximum Gasteiger partial charge on any atom is 0.326 e. The van der Waals surface area contributed by atoms with Crippen molar-refractivity contribution in [1.82, 2.24) is 10.0 Å². The highest BCUT2D eigenvalue weighted by molar-refractivity contribution is 7.89. The van der Waals surface area contributed by atoms with Gasteiger partial charge in [-0.3, -0.25) is 4.79 Å². The number of carboxylic acids is 1. The van der Waals surface area contributed by atoms with E-state index in [1.54, 1.807) is 0 Å². The lowest BCUT2D eigenvalue weighted by Gasteiger charge is -2.14. The Morgan fingerprint density at radius 2 is 1.72 bits per heavy atom. The second-order valence-electron chi connectivity index (χ2n) is 5.76. The Morgan fingerprint density at radius 1 is 1.16 bits per heavy atom. The van der Waals surface area contributed by atoms with Crippen LogP contribution in [-0.2, 0) is 14.8 Å². The number of carbonyl (C=O) groups is 2. The first kappa shape index (κ1) is 21.0. The number of carboxylic acid groups (broad SMARTS) is 1. The fraction of sp³-hybridized carbons (Fsp3) is 0.467. The number of sulfonamides is 1. The van der Waals surface area contributed by atoms with Crippen molar-refractivity contribution in [3.63, 3.8) is 0 Å². The van der Waals surface area contributed by atoms with Crippen LogP contribution in [-0.4, -0.2) is 44.4 Å². The van der Waals surface area contributed by atoms with Gasteiger partial charge in [0, 0.05) is 18.5 Å². The van der Waals surface area contributed by atoms with Crippen LogP contribution >= 0.6 is 0 Å². The smallest absolute Gasteiger partial charge is 0.326 e. The number of benzene rings is 1. The van der Waals surface area contributed by atoms with Crippen LogP contribution in [0.2, 0.25) is 0 Å². The third-order valence-electron chi connectivity index (χ3n) is 3.13. The molecule has 0 spiro atoms. The van der Waals surface area contributed by atoms with Crippen molar-refractivity contribution in [1.29, 1.82) is 0 Å². The van der Waals surface area contributed by atoms with Gasteiger partial charge in [-0.25, -0.2) is 26.7 Å². The molecule has 3 N–H and O–H groups in total. The van der Waals surface area contributed by atoms with Gasteiger partial charge in [-0.2, -0.15) is 0 Å². The lowest BCUT2D eigenvalue weighted by Crippen LogP contribution is -2.42. The van der Waals surface area contributed by atoms with Gasteiger partial charge in [-0.05, 0) is 30.2 Å². The third-order valence-corrected chi connectivity index (χ3v) is 4.57. The second-order valence-corrected chi connectivity index (χ2v) is 7.53. The molecule has 1 atom stereocenters. The zero-order valence-electron chi connectivity index (χ0n) is 13.7. The lowest BCUT2D eigenvalue weighted by molar-refractivity contribution is -0.140. The van der Waals surface area contributed by atoms with Crippen molar-refractivity contribution in [3.8, 4) is 0 Å².